The van der Waals surface area contributed by atoms with Gasteiger partial charge in [0.2, 0.25) is 0 Å². The van der Waals surface area contributed by atoms with Crippen molar-refractivity contribution in [2.45, 2.75) is 19.4 Å². The van der Waals surface area contributed by atoms with E-state index >= 15 is 0 Å². The zero-order valence-electron chi connectivity index (χ0n) is 17.0. The largest absolute Gasteiger partial charge is 0.493 e. The monoisotopic (exact) mass is 394 g/mol. The standard InChI is InChI=1S/C23H26N2O4/c1-4-29-21(26)14-25-12-11-17-16-7-5-6-8-18(16)24-22(17)23(25)15-9-10-19(27-2)20(13-15)28-3/h5-10,13,23-24H,4,11-12,14H2,1-3H3. The molecule has 1 aliphatic rings. The third kappa shape index (κ3) is 3.56. The molecule has 2 heterocycles. The van der Waals surface area contributed by atoms with E-state index in [2.05, 4.69) is 28.1 Å². The van der Waals surface area contributed by atoms with Gasteiger partial charge in [0.25, 0.3) is 0 Å². The average Bonchev–Trinajstić information content (AvgIpc) is 3.12. The van der Waals surface area contributed by atoms with Gasteiger partial charge in [0.1, 0.15) is 0 Å². The maximum atomic E-state index is 12.3. The number of fused-ring (bicyclic) bond motifs is 3. The Labute approximate surface area is 170 Å². The Balaban J connectivity index is 1.82. The second-order valence-corrected chi connectivity index (χ2v) is 7.11. The van der Waals surface area contributed by atoms with Crippen LogP contribution in [-0.4, -0.2) is 49.8 Å². The van der Waals surface area contributed by atoms with Gasteiger partial charge in [0.05, 0.1) is 33.4 Å². The van der Waals surface area contributed by atoms with Crippen LogP contribution < -0.4 is 9.47 Å². The Bertz CT molecular complexity index is 1030. The molecule has 6 heteroatoms. The lowest BCUT2D eigenvalue weighted by Crippen LogP contribution is -2.40. The number of H-pyrrole nitrogens is 1. The molecule has 0 fully saturated rings. The van der Waals surface area contributed by atoms with Gasteiger partial charge in [-0.3, -0.25) is 9.69 Å². The Morgan fingerprint density at radius 2 is 1.93 bits per heavy atom. The third-order valence-electron chi connectivity index (χ3n) is 5.50. The van der Waals surface area contributed by atoms with Crippen molar-refractivity contribution in [1.29, 1.82) is 0 Å². The fourth-order valence-electron chi connectivity index (χ4n) is 4.23. The number of methoxy groups -OCH3 is 2. The number of rotatable bonds is 6. The van der Waals surface area contributed by atoms with Crippen LogP contribution in [0.5, 0.6) is 11.5 Å². The zero-order chi connectivity index (χ0) is 20.4. The predicted octanol–water partition coefficient (Wildman–Crippen LogP) is 3.70. The van der Waals surface area contributed by atoms with Crippen molar-refractivity contribution in [2.24, 2.45) is 0 Å². The first-order valence-corrected chi connectivity index (χ1v) is 9.87. The maximum absolute atomic E-state index is 12.3. The van der Waals surface area contributed by atoms with Crippen LogP contribution in [0.4, 0.5) is 0 Å². The van der Waals surface area contributed by atoms with Crippen LogP contribution in [-0.2, 0) is 16.0 Å². The molecule has 0 saturated carbocycles. The number of carbonyl (C=O) groups is 1. The number of benzene rings is 2. The molecule has 6 nitrogen and oxygen atoms in total. The highest BCUT2D eigenvalue weighted by Gasteiger charge is 2.33. The average molecular weight is 394 g/mol. The highest BCUT2D eigenvalue weighted by Crippen LogP contribution is 2.40. The summed E-state index contributed by atoms with van der Waals surface area (Å²) in [7, 11) is 3.26. The molecule has 0 aliphatic carbocycles. The molecule has 0 spiro atoms. The van der Waals surface area contributed by atoms with Crippen molar-refractivity contribution in [3.63, 3.8) is 0 Å². The van der Waals surface area contributed by atoms with E-state index in [1.807, 2.05) is 31.2 Å². The highest BCUT2D eigenvalue weighted by atomic mass is 16.5. The second-order valence-electron chi connectivity index (χ2n) is 7.11. The van der Waals surface area contributed by atoms with E-state index in [9.17, 15) is 4.79 Å². The van der Waals surface area contributed by atoms with Gasteiger partial charge >= 0.3 is 5.97 Å². The van der Waals surface area contributed by atoms with E-state index in [4.69, 9.17) is 14.2 Å². The summed E-state index contributed by atoms with van der Waals surface area (Å²) in [5, 5.41) is 1.24. The van der Waals surface area contributed by atoms with Crippen molar-refractivity contribution in [3.8, 4) is 11.5 Å². The molecular formula is C23H26N2O4. The van der Waals surface area contributed by atoms with Gasteiger partial charge in [-0.05, 0) is 42.7 Å². The predicted molar refractivity (Wildman–Crippen MR) is 112 cm³/mol. The lowest BCUT2D eigenvalue weighted by molar-refractivity contribution is -0.145. The van der Waals surface area contributed by atoms with Crippen molar-refractivity contribution >= 4 is 16.9 Å². The van der Waals surface area contributed by atoms with Gasteiger partial charge in [-0.2, -0.15) is 0 Å². The molecule has 0 bridgehead atoms. The summed E-state index contributed by atoms with van der Waals surface area (Å²) in [6, 6.07) is 14.2. The van der Waals surface area contributed by atoms with E-state index in [1.54, 1.807) is 14.2 Å². The number of aromatic amines is 1. The zero-order valence-corrected chi connectivity index (χ0v) is 17.0. The number of esters is 1. The van der Waals surface area contributed by atoms with Gasteiger partial charge in [-0.15, -0.1) is 0 Å². The van der Waals surface area contributed by atoms with Crippen molar-refractivity contribution in [1.82, 2.24) is 9.88 Å². The fraction of sp³-hybridized carbons (Fsp3) is 0.348. The van der Waals surface area contributed by atoms with E-state index in [1.165, 1.54) is 10.9 Å². The van der Waals surface area contributed by atoms with Crippen LogP contribution in [0.25, 0.3) is 10.9 Å². The summed E-state index contributed by atoms with van der Waals surface area (Å²) < 4.78 is 16.1. The molecule has 2 aromatic carbocycles. The molecule has 0 radical (unpaired) electrons. The third-order valence-corrected chi connectivity index (χ3v) is 5.50. The molecule has 1 aromatic heterocycles. The number of hydrogen-bond acceptors (Lipinski definition) is 5. The van der Waals surface area contributed by atoms with E-state index in [-0.39, 0.29) is 18.6 Å². The minimum absolute atomic E-state index is 0.102. The molecule has 152 valence electrons. The van der Waals surface area contributed by atoms with Gasteiger partial charge in [0.15, 0.2) is 11.5 Å². The lowest BCUT2D eigenvalue weighted by Gasteiger charge is -2.35. The Kier molecular flexibility index (Phi) is 5.45. The molecule has 1 unspecified atom stereocenters. The molecule has 1 N–H and O–H groups in total. The van der Waals surface area contributed by atoms with Crippen LogP contribution in [0.3, 0.4) is 0 Å². The summed E-state index contributed by atoms with van der Waals surface area (Å²) in [6.07, 6.45) is 0.878. The first-order valence-electron chi connectivity index (χ1n) is 9.87. The quantitative estimate of drug-likeness (QED) is 0.646. The molecule has 1 atom stereocenters. The molecule has 0 saturated heterocycles. The summed E-state index contributed by atoms with van der Waals surface area (Å²) in [6.45, 7) is 3.22. The number of para-hydroxylation sites is 1. The minimum Gasteiger partial charge on any atom is -0.493 e. The van der Waals surface area contributed by atoms with Crippen molar-refractivity contribution < 1.29 is 19.0 Å². The number of nitrogens with one attached hydrogen (secondary N) is 1. The first-order chi connectivity index (χ1) is 14.2. The van der Waals surface area contributed by atoms with E-state index in [0.29, 0.717) is 18.1 Å². The minimum atomic E-state index is -0.211. The Morgan fingerprint density at radius 1 is 1.14 bits per heavy atom. The molecule has 0 amide bonds. The highest BCUT2D eigenvalue weighted by molar-refractivity contribution is 5.85. The van der Waals surface area contributed by atoms with Crippen molar-refractivity contribution in [3.05, 3.63) is 59.3 Å². The summed E-state index contributed by atoms with van der Waals surface area (Å²) in [4.78, 5) is 18.0. The summed E-state index contributed by atoms with van der Waals surface area (Å²) in [5.41, 5.74) is 4.58. The molecule has 4 rings (SSSR count). The molecular weight excluding hydrogens is 368 g/mol. The Morgan fingerprint density at radius 3 is 2.69 bits per heavy atom. The van der Waals surface area contributed by atoms with Gasteiger partial charge in [0, 0.05) is 23.1 Å². The van der Waals surface area contributed by atoms with Crippen LogP contribution in [0, 0.1) is 0 Å². The molecule has 29 heavy (non-hydrogen) atoms. The SMILES string of the molecule is CCOC(=O)CN1CCc2c([nH]c3ccccc23)C1c1ccc(OC)c(OC)c1. The van der Waals surface area contributed by atoms with Crippen LogP contribution >= 0.6 is 0 Å². The topological polar surface area (TPSA) is 63.8 Å². The summed E-state index contributed by atoms with van der Waals surface area (Å²) >= 11 is 0. The van der Waals surface area contributed by atoms with Crippen molar-refractivity contribution in [2.75, 3.05) is 33.9 Å². The lowest BCUT2D eigenvalue weighted by atomic mass is 9.92. The van der Waals surface area contributed by atoms with Gasteiger partial charge in [-0.25, -0.2) is 0 Å². The van der Waals surface area contributed by atoms with E-state index < -0.39 is 0 Å². The normalized spacial score (nSPS) is 16.4. The maximum Gasteiger partial charge on any atom is 0.320 e. The number of aromatic nitrogens is 1. The number of hydrogen-bond donors (Lipinski definition) is 1. The van der Waals surface area contributed by atoms with Crippen LogP contribution in [0.1, 0.15) is 29.8 Å². The van der Waals surface area contributed by atoms with Crippen LogP contribution in [0.15, 0.2) is 42.5 Å². The molecule has 1 aliphatic heterocycles. The summed E-state index contributed by atoms with van der Waals surface area (Å²) in [5.74, 6) is 1.14. The number of carbonyl (C=O) groups excluding carboxylic acids is 1. The second kappa shape index (κ2) is 8.17. The number of nitrogens with zero attached hydrogens (tertiary/aromatic N) is 1. The van der Waals surface area contributed by atoms with Gasteiger partial charge in [-0.1, -0.05) is 24.3 Å². The van der Waals surface area contributed by atoms with E-state index in [0.717, 1.165) is 29.7 Å². The van der Waals surface area contributed by atoms with Gasteiger partial charge < -0.3 is 19.2 Å². The molecule has 3 aromatic rings. The first kappa shape index (κ1) is 19.3. The Hall–Kier alpha value is -2.99. The van der Waals surface area contributed by atoms with Crippen LogP contribution in [0.2, 0.25) is 0 Å². The fourth-order valence-corrected chi connectivity index (χ4v) is 4.23. The number of ether oxygens (including phenoxy) is 3. The smallest absolute Gasteiger partial charge is 0.320 e.